The van der Waals surface area contributed by atoms with E-state index in [0.717, 1.165) is 6.42 Å². The molecule has 1 N–H and O–H groups in total. The molecule has 0 radical (unpaired) electrons. The molecule has 1 aromatic rings. The summed E-state index contributed by atoms with van der Waals surface area (Å²) in [6, 6.07) is 4.01. The number of rotatable bonds is 4. The first kappa shape index (κ1) is 15.1. The maximum Gasteiger partial charge on any atom is 0.293 e. The standard InChI is InChI=1S/C12H15ClN2O4S/c1-20(18,19)12-4-2-3-10(12)14-9-6-5-8(13)7-11(9)15(16)17/h5-7,10,12,14H,2-4H2,1H3. The van der Waals surface area contributed by atoms with Gasteiger partial charge < -0.3 is 5.32 Å². The van der Waals surface area contributed by atoms with E-state index < -0.39 is 20.0 Å². The molecule has 1 saturated carbocycles. The van der Waals surface area contributed by atoms with Crippen molar-refractivity contribution in [2.45, 2.75) is 30.6 Å². The Balaban J connectivity index is 2.28. The molecule has 2 rings (SSSR count). The van der Waals surface area contributed by atoms with Crippen molar-refractivity contribution in [1.29, 1.82) is 0 Å². The zero-order chi connectivity index (χ0) is 14.9. The summed E-state index contributed by atoms with van der Waals surface area (Å²) < 4.78 is 23.4. The van der Waals surface area contributed by atoms with Crippen molar-refractivity contribution in [2.24, 2.45) is 0 Å². The number of anilines is 1. The lowest BCUT2D eigenvalue weighted by molar-refractivity contribution is -0.384. The van der Waals surface area contributed by atoms with Gasteiger partial charge in [0.2, 0.25) is 0 Å². The Morgan fingerprint density at radius 1 is 1.40 bits per heavy atom. The van der Waals surface area contributed by atoms with Crippen molar-refractivity contribution in [3.05, 3.63) is 33.3 Å². The average molecular weight is 319 g/mol. The van der Waals surface area contributed by atoms with Gasteiger partial charge >= 0.3 is 0 Å². The maximum atomic E-state index is 11.7. The van der Waals surface area contributed by atoms with Crippen molar-refractivity contribution in [3.8, 4) is 0 Å². The van der Waals surface area contributed by atoms with E-state index in [4.69, 9.17) is 11.6 Å². The number of nitrogens with zero attached hydrogens (tertiary/aromatic N) is 1. The third-order valence-electron chi connectivity index (χ3n) is 3.50. The summed E-state index contributed by atoms with van der Waals surface area (Å²) in [7, 11) is -3.17. The van der Waals surface area contributed by atoms with Gasteiger partial charge in [-0.05, 0) is 31.4 Å². The molecule has 0 heterocycles. The number of benzene rings is 1. The van der Waals surface area contributed by atoms with Crippen molar-refractivity contribution < 1.29 is 13.3 Å². The molecular formula is C12H15ClN2O4S. The molecule has 1 aliphatic carbocycles. The largest absolute Gasteiger partial charge is 0.375 e. The molecule has 110 valence electrons. The molecule has 20 heavy (non-hydrogen) atoms. The number of sulfone groups is 1. The molecule has 0 amide bonds. The minimum Gasteiger partial charge on any atom is -0.375 e. The van der Waals surface area contributed by atoms with Gasteiger partial charge in [0.25, 0.3) is 5.69 Å². The van der Waals surface area contributed by atoms with Crippen LogP contribution in [0.4, 0.5) is 11.4 Å². The smallest absolute Gasteiger partial charge is 0.293 e. The van der Waals surface area contributed by atoms with Crippen LogP contribution in [-0.2, 0) is 9.84 Å². The molecule has 0 bridgehead atoms. The molecular weight excluding hydrogens is 304 g/mol. The molecule has 0 aromatic heterocycles. The highest BCUT2D eigenvalue weighted by Crippen LogP contribution is 2.33. The van der Waals surface area contributed by atoms with Crippen molar-refractivity contribution in [3.63, 3.8) is 0 Å². The minimum absolute atomic E-state index is 0.142. The monoisotopic (exact) mass is 318 g/mol. The van der Waals surface area contributed by atoms with Crippen LogP contribution >= 0.6 is 11.6 Å². The molecule has 2 unspecified atom stereocenters. The highest BCUT2D eigenvalue weighted by atomic mass is 35.5. The normalized spacial score (nSPS) is 22.7. The second-order valence-electron chi connectivity index (χ2n) is 4.97. The summed E-state index contributed by atoms with van der Waals surface area (Å²) in [4.78, 5) is 10.5. The zero-order valence-corrected chi connectivity index (χ0v) is 12.4. The summed E-state index contributed by atoms with van der Waals surface area (Å²) in [5, 5.41) is 13.8. The summed E-state index contributed by atoms with van der Waals surface area (Å²) >= 11 is 5.75. The number of halogens is 1. The fourth-order valence-electron chi connectivity index (χ4n) is 2.58. The lowest BCUT2D eigenvalue weighted by Crippen LogP contribution is -2.34. The number of hydrogen-bond donors (Lipinski definition) is 1. The van der Waals surface area contributed by atoms with E-state index in [1.807, 2.05) is 0 Å². The van der Waals surface area contributed by atoms with Gasteiger partial charge in [-0.1, -0.05) is 11.6 Å². The second-order valence-corrected chi connectivity index (χ2v) is 7.67. The van der Waals surface area contributed by atoms with Crippen molar-refractivity contribution >= 4 is 32.8 Å². The van der Waals surface area contributed by atoms with Crippen LogP contribution in [-0.4, -0.2) is 30.9 Å². The molecule has 6 nitrogen and oxygen atoms in total. The zero-order valence-electron chi connectivity index (χ0n) is 10.9. The van der Waals surface area contributed by atoms with Crippen molar-refractivity contribution in [1.82, 2.24) is 0 Å². The van der Waals surface area contributed by atoms with Crippen LogP contribution in [0.25, 0.3) is 0 Å². The Hall–Kier alpha value is -1.34. The van der Waals surface area contributed by atoms with E-state index in [9.17, 15) is 18.5 Å². The van der Waals surface area contributed by atoms with Gasteiger partial charge in [0, 0.05) is 23.4 Å². The highest BCUT2D eigenvalue weighted by molar-refractivity contribution is 7.91. The van der Waals surface area contributed by atoms with E-state index in [2.05, 4.69) is 5.32 Å². The summed E-state index contributed by atoms with van der Waals surface area (Å²) in [5.74, 6) is 0. The van der Waals surface area contributed by atoms with Crippen LogP contribution in [0, 0.1) is 10.1 Å². The lowest BCUT2D eigenvalue weighted by Gasteiger charge is -2.20. The summed E-state index contributed by atoms with van der Waals surface area (Å²) in [5.41, 5.74) is 0.164. The Morgan fingerprint density at radius 2 is 2.10 bits per heavy atom. The predicted molar refractivity (Wildman–Crippen MR) is 78.0 cm³/mol. The third kappa shape index (κ3) is 3.21. The maximum absolute atomic E-state index is 11.7. The van der Waals surface area contributed by atoms with E-state index >= 15 is 0 Å². The molecule has 1 fully saturated rings. The SMILES string of the molecule is CS(=O)(=O)C1CCCC1Nc1ccc(Cl)cc1[N+](=O)[O-]. The third-order valence-corrected chi connectivity index (χ3v) is 5.40. The molecule has 0 aliphatic heterocycles. The first-order chi connectivity index (χ1) is 9.29. The van der Waals surface area contributed by atoms with Crippen molar-refractivity contribution in [2.75, 3.05) is 11.6 Å². The van der Waals surface area contributed by atoms with Gasteiger partial charge in [0.05, 0.1) is 10.2 Å². The Morgan fingerprint density at radius 3 is 2.70 bits per heavy atom. The van der Waals surface area contributed by atoms with Gasteiger partial charge in [0.15, 0.2) is 9.84 Å². The topological polar surface area (TPSA) is 89.3 Å². The molecule has 2 atom stereocenters. The van der Waals surface area contributed by atoms with E-state index in [-0.39, 0.29) is 16.8 Å². The summed E-state index contributed by atoms with van der Waals surface area (Å²) in [6.07, 6.45) is 3.25. The Kier molecular flexibility index (Phi) is 4.19. The predicted octanol–water partition coefficient (Wildman–Crippen LogP) is 2.63. The molecule has 1 aliphatic rings. The molecule has 0 spiro atoms. The van der Waals surface area contributed by atoms with Crippen LogP contribution in [0.2, 0.25) is 5.02 Å². The molecule has 0 saturated heterocycles. The fraction of sp³-hybridized carbons (Fsp3) is 0.500. The lowest BCUT2D eigenvalue weighted by atomic mass is 10.2. The van der Waals surface area contributed by atoms with Crippen LogP contribution in [0.3, 0.4) is 0 Å². The van der Waals surface area contributed by atoms with Gasteiger partial charge in [-0.15, -0.1) is 0 Å². The highest BCUT2D eigenvalue weighted by Gasteiger charge is 2.35. The average Bonchev–Trinajstić information content (AvgIpc) is 2.79. The van der Waals surface area contributed by atoms with E-state index in [1.165, 1.54) is 18.4 Å². The second kappa shape index (κ2) is 5.57. The first-order valence-electron chi connectivity index (χ1n) is 6.18. The number of hydrogen-bond acceptors (Lipinski definition) is 5. The quantitative estimate of drug-likeness (QED) is 0.681. The number of nitrogens with one attached hydrogen (secondary N) is 1. The molecule has 8 heteroatoms. The minimum atomic E-state index is -3.17. The van der Waals surface area contributed by atoms with Crippen LogP contribution < -0.4 is 5.32 Å². The fourth-order valence-corrected chi connectivity index (χ4v) is 4.14. The van der Waals surface area contributed by atoms with Gasteiger partial charge in [-0.3, -0.25) is 10.1 Å². The van der Waals surface area contributed by atoms with E-state index in [0.29, 0.717) is 18.5 Å². The van der Waals surface area contributed by atoms with Crippen LogP contribution in [0.5, 0.6) is 0 Å². The van der Waals surface area contributed by atoms with Gasteiger partial charge in [0.1, 0.15) is 5.69 Å². The van der Waals surface area contributed by atoms with Gasteiger partial charge in [-0.2, -0.15) is 0 Å². The number of nitro benzene ring substituents is 1. The first-order valence-corrected chi connectivity index (χ1v) is 8.51. The number of nitro groups is 1. The Bertz CT molecular complexity index is 632. The van der Waals surface area contributed by atoms with Crippen LogP contribution in [0.1, 0.15) is 19.3 Å². The van der Waals surface area contributed by atoms with Crippen LogP contribution in [0.15, 0.2) is 18.2 Å². The summed E-state index contributed by atoms with van der Waals surface area (Å²) in [6.45, 7) is 0. The van der Waals surface area contributed by atoms with E-state index in [1.54, 1.807) is 6.07 Å². The van der Waals surface area contributed by atoms with Gasteiger partial charge in [-0.25, -0.2) is 8.42 Å². The Labute approximate surface area is 122 Å². The molecule has 1 aromatic carbocycles.